The van der Waals surface area contributed by atoms with E-state index in [1.165, 1.54) is 0 Å². The van der Waals surface area contributed by atoms with Crippen molar-refractivity contribution in [1.29, 1.82) is 5.26 Å². The lowest BCUT2D eigenvalue weighted by Crippen LogP contribution is -2.24. The number of aryl methyl sites for hydroxylation is 1. The predicted molar refractivity (Wildman–Crippen MR) is 81.5 cm³/mol. The molecule has 0 aliphatic carbocycles. The van der Waals surface area contributed by atoms with Crippen LogP contribution in [0.1, 0.15) is 18.1 Å². The average molecular weight is 279 g/mol. The molecule has 21 heavy (non-hydrogen) atoms. The van der Waals surface area contributed by atoms with Crippen LogP contribution in [-0.4, -0.2) is 10.9 Å². The number of carbonyl (C=O) groups excluding carboxylic acids is 1. The van der Waals surface area contributed by atoms with Gasteiger partial charge < -0.3 is 5.32 Å². The lowest BCUT2D eigenvalue weighted by Gasteiger charge is -2.13. The predicted octanol–water partition coefficient (Wildman–Crippen LogP) is 2.96. The molecular formula is C17H17N3O. The number of carbonyl (C=O) groups is 1. The first-order valence-electron chi connectivity index (χ1n) is 6.92. The summed E-state index contributed by atoms with van der Waals surface area (Å²) in [7, 11) is 0. The van der Waals surface area contributed by atoms with Crippen molar-refractivity contribution in [3.63, 3.8) is 0 Å². The summed E-state index contributed by atoms with van der Waals surface area (Å²) >= 11 is 0. The molecular weight excluding hydrogens is 262 g/mol. The van der Waals surface area contributed by atoms with Gasteiger partial charge in [0, 0.05) is 18.1 Å². The van der Waals surface area contributed by atoms with Crippen LogP contribution in [-0.2, 0) is 17.6 Å². The van der Waals surface area contributed by atoms with Gasteiger partial charge in [0.2, 0.25) is 5.91 Å². The molecule has 1 N–H and O–H groups in total. The van der Waals surface area contributed by atoms with Gasteiger partial charge in [-0.3, -0.25) is 9.78 Å². The van der Waals surface area contributed by atoms with E-state index in [2.05, 4.69) is 16.4 Å². The van der Waals surface area contributed by atoms with E-state index >= 15 is 0 Å². The number of para-hydroxylation sites is 1. The summed E-state index contributed by atoms with van der Waals surface area (Å²) in [5, 5.41) is 12.1. The van der Waals surface area contributed by atoms with E-state index in [4.69, 9.17) is 0 Å². The van der Waals surface area contributed by atoms with Crippen molar-refractivity contribution in [2.24, 2.45) is 5.92 Å². The van der Waals surface area contributed by atoms with Crippen molar-refractivity contribution < 1.29 is 4.79 Å². The van der Waals surface area contributed by atoms with Crippen molar-refractivity contribution >= 4 is 11.6 Å². The second kappa shape index (κ2) is 7.20. The van der Waals surface area contributed by atoms with Gasteiger partial charge in [0.05, 0.1) is 6.07 Å². The number of hydrogen-bond donors (Lipinski definition) is 1. The number of amides is 1. The Morgan fingerprint density at radius 1 is 1.29 bits per heavy atom. The molecule has 0 aliphatic rings. The van der Waals surface area contributed by atoms with E-state index in [-0.39, 0.29) is 5.91 Å². The summed E-state index contributed by atoms with van der Waals surface area (Å²) in [6, 6.07) is 13.4. The van der Waals surface area contributed by atoms with E-state index in [1.54, 1.807) is 12.4 Å². The number of nitriles is 1. The Labute approximate surface area is 124 Å². The van der Waals surface area contributed by atoms with Crippen molar-refractivity contribution in [2.75, 3.05) is 5.32 Å². The molecule has 1 aromatic heterocycles. The Kier molecular flexibility index (Phi) is 5.05. The third-order valence-corrected chi connectivity index (χ3v) is 3.32. The lowest BCUT2D eigenvalue weighted by molar-refractivity contribution is -0.118. The summed E-state index contributed by atoms with van der Waals surface area (Å²) < 4.78 is 0. The Morgan fingerprint density at radius 3 is 2.67 bits per heavy atom. The van der Waals surface area contributed by atoms with Crippen LogP contribution in [0.3, 0.4) is 0 Å². The molecule has 4 heteroatoms. The minimum absolute atomic E-state index is 0.268. The standard InChI is InChI=1S/C17H17N3O/c1-2-14-5-3-4-6-16(14)20-17(21)15(12-18)11-13-7-9-19-10-8-13/h3-10,15H,2,11H2,1H3,(H,20,21)/t15-/m0/s1. The Morgan fingerprint density at radius 2 is 2.00 bits per heavy atom. The van der Waals surface area contributed by atoms with Crippen LogP contribution in [0.25, 0.3) is 0 Å². The minimum Gasteiger partial charge on any atom is -0.325 e. The van der Waals surface area contributed by atoms with Crippen molar-refractivity contribution in [3.8, 4) is 6.07 Å². The topological polar surface area (TPSA) is 65.8 Å². The maximum atomic E-state index is 12.3. The number of rotatable bonds is 5. The molecule has 1 amide bonds. The fourth-order valence-electron chi connectivity index (χ4n) is 2.12. The molecule has 0 spiro atoms. The van der Waals surface area contributed by atoms with E-state index in [0.29, 0.717) is 6.42 Å². The number of nitrogens with one attached hydrogen (secondary N) is 1. The first kappa shape index (κ1) is 14.7. The third-order valence-electron chi connectivity index (χ3n) is 3.32. The van der Waals surface area contributed by atoms with Crippen LogP contribution in [0.4, 0.5) is 5.69 Å². The molecule has 1 aromatic carbocycles. The quantitative estimate of drug-likeness (QED) is 0.915. The monoisotopic (exact) mass is 279 g/mol. The van der Waals surface area contributed by atoms with Crippen LogP contribution in [0, 0.1) is 17.2 Å². The lowest BCUT2D eigenvalue weighted by atomic mass is 10.0. The Hall–Kier alpha value is -2.67. The van der Waals surface area contributed by atoms with Crippen LogP contribution in [0.2, 0.25) is 0 Å². The summed E-state index contributed by atoms with van der Waals surface area (Å²) in [6.07, 6.45) is 4.54. The second-order valence-electron chi connectivity index (χ2n) is 4.74. The molecule has 0 radical (unpaired) electrons. The molecule has 106 valence electrons. The molecule has 0 unspecified atom stereocenters. The van der Waals surface area contributed by atoms with Gasteiger partial charge in [-0.15, -0.1) is 0 Å². The molecule has 0 saturated carbocycles. The van der Waals surface area contributed by atoms with Crippen LogP contribution in [0.5, 0.6) is 0 Å². The zero-order chi connectivity index (χ0) is 15.1. The number of hydrogen-bond acceptors (Lipinski definition) is 3. The van der Waals surface area contributed by atoms with Gasteiger partial charge in [-0.25, -0.2) is 0 Å². The van der Waals surface area contributed by atoms with E-state index in [9.17, 15) is 10.1 Å². The minimum atomic E-state index is -0.711. The molecule has 4 nitrogen and oxygen atoms in total. The largest absolute Gasteiger partial charge is 0.325 e. The second-order valence-corrected chi connectivity index (χ2v) is 4.74. The average Bonchev–Trinajstić information content (AvgIpc) is 2.54. The zero-order valence-electron chi connectivity index (χ0n) is 11.9. The third kappa shape index (κ3) is 3.90. The highest BCUT2D eigenvalue weighted by Crippen LogP contribution is 2.17. The van der Waals surface area contributed by atoms with E-state index in [1.807, 2.05) is 43.3 Å². The molecule has 1 atom stereocenters. The van der Waals surface area contributed by atoms with E-state index in [0.717, 1.165) is 23.2 Å². The van der Waals surface area contributed by atoms with Crippen molar-refractivity contribution in [3.05, 3.63) is 59.9 Å². The first-order valence-corrected chi connectivity index (χ1v) is 6.92. The normalized spacial score (nSPS) is 11.4. The van der Waals surface area contributed by atoms with Gasteiger partial charge in [-0.2, -0.15) is 5.26 Å². The highest BCUT2D eigenvalue weighted by Gasteiger charge is 2.19. The number of aromatic nitrogens is 1. The summed E-state index contributed by atoms with van der Waals surface area (Å²) in [6.45, 7) is 2.03. The summed E-state index contributed by atoms with van der Waals surface area (Å²) in [5.41, 5.74) is 2.77. The smallest absolute Gasteiger partial charge is 0.242 e. The van der Waals surface area contributed by atoms with Gasteiger partial charge in [-0.1, -0.05) is 25.1 Å². The van der Waals surface area contributed by atoms with Crippen molar-refractivity contribution in [2.45, 2.75) is 19.8 Å². The van der Waals surface area contributed by atoms with Gasteiger partial charge in [0.15, 0.2) is 0 Å². The molecule has 2 rings (SSSR count). The fourth-order valence-corrected chi connectivity index (χ4v) is 2.12. The van der Waals surface area contributed by atoms with Gasteiger partial charge in [-0.05, 0) is 42.2 Å². The molecule has 0 fully saturated rings. The Bertz CT molecular complexity index is 647. The van der Waals surface area contributed by atoms with Gasteiger partial charge in [0.25, 0.3) is 0 Å². The first-order chi connectivity index (χ1) is 10.2. The molecule has 0 bridgehead atoms. The molecule has 1 heterocycles. The number of nitrogens with zero attached hydrogens (tertiary/aromatic N) is 2. The number of benzene rings is 1. The maximum absolute atomic E-state index is 12.3. The van der Waals surface area contributed by atoms with Crippen molar-refractivity contribution in [1.82, 2.24) is 4.98 Å². The fraction of sp³-hybridized carbons (Fsp3) is 0.235. The maximum Gasteiger partial charge on any atom is 0.242 e. The molecule has 2 aromatic rings. The van der Waals surface area contributed by atoms with Gasteiger partial charge >= 0.3 is 0 Å². The highest BCUT2D eigenvalue weighted by atomic mass is 16.1. The summed E-state index contributed by atoms with van der Waals surface area (Å²) in [4.78, 5) is 16.2. The Balaban J connectivity index is 2.09. The van der Waals surface area contributed by atoms with Crippen LogP contribution < -0.4 is 5.32 Å². The summed E-state index contributed by atoms with van der Waals surface area (Å²) in [5.74, 6) is -0.979. The van der Waals surface area contributed by atoms with E-state index < -0.39 is 5.92 Å². The highest BCUT2D eigenvalue weighted by molar-refractivity contribution is 5.94. The SMILES string of the molecule is CCc1ccccc1NC(=O)[C@H](C#N)Cc1ccncc1. The zero-order valence-corrected chi connectivity index (χ0v) is 11.9. The number of anilines is 1. The van der Waals surface area contributed by atoms with Crippen LogP contribution in [0.15, 0.2) is 48.8 Å². The van der Waals surface area contributed by atoms with Gasteiger partial charge in [0.1, 0.15) is 5.92 Å². The molecule has 0 saturated heterocycles. The molecule has 0 aliphatic heterocycles. The number of pyridine rings is 1. The van der Waals surface area contributed by atoms with Crippen LogP contribution >= 0.6 is 0 Å².